The summed E-state index contributed by atoms with van der Waals surface area (Å²) in [5.41, 5.74) is 3.10. The van der Waals surface area contributed by atoms with Crippen LogP contribution < -0.4 is 0 Å². The summed E-state index contributed by atoms with van der Waals surface area (Å²) < 4.78 is 8.36. The van der Waals surface area contributed by atoms with E-state index in [2.05, 4.69) is 30.7 Å². The van der Waals surface area contributed by atoms with Crippen molar-refractivity contribution in [1.29, 1.82) is 0 Å². The lowest BCUT2D eigenvalue weighted by Crippen LogP contribution is -2.08. The average molecular weight is 279 g/mol. The van der Waals surface area contributed by atoms with E-state index in [4.69, 9.17) is 17.0 Å². The first-order valence-electron chi connectivity index (χ1n) is 6.71. The summed E-state index contributed by atoms with van der Waals surface area (Å²) in [7, 11) is 0. The highest BCUT2D eigenvalue weighted by atomic mass is 32.1. The third-order valence-corrected chi connectivity index (χ3v) is 3.49. The van der Waals surface area contributed by atoms with Crippen LogP contribution in [0.5, 0.6) is 0 Å². The topological polar surface area (TPSA) is 42.8 Å². The van der Waals surface area contributed by atoms with Gasteiger partial charge in [0.1, 0.15) is 0 Å². The van der Waals surface area contributed by atoms with Crippen LogP contribution in [-0.2, 0) is 11.3 Å². The van der Waals surface area contributed by atoms with Crippen LogP contribution in [0.4, 0.5) is 0 Å². The van der Waals surface area contributed by atoms with Gasteiger partial charge in [-0.2, -0.15) is 0 Å². The number of aromatic amines is 1. The van der Waals surface area contributed by atoms with Gasteiger partial charge in [0.25, 0.3) is 0 Å². The van der Waals surface area contributed by atoms with Crippen molar-refractivity contribution in [2.24, 2.45) is 5.92 Å². The third kappa shape index (κ3) is 3.42. The molecule has 2 rings (SSSR count). The minimum Gasteiger partial charge on any atom is -0.380 e. The number of ether oxygens (including phenoxy) is 1. The quantitative estimate of drug-likeness (QED) is 0.650. The summed E-state index contributed by atoms with van der Waals surface area (Å²) in [5.74, 6) is 0.680. The van der Waals surface area contributed by atoms with Crippen molar-refractivity contribution in [1.82, 2.24) is 14.5 Å². The molecule has 0 saturated heterocycles. The Morgan fingerprint density at radius 1 is 1.42 bits per heavy atom. The number of fused-ring (bicyclic) bond motifs is 1. The van der Waals surface area contributed by atoms with E-state index in [0.29, 0.717) is 17.3 Å². The smallest absolute Gasteiger partial charge is 0.179 e. The lowest BCUT2D eigenvalue weighted by molar-refractivity contribution is 0.116. The zero-order chi connectivity index (χ0) is 13.8. The van der Waals surface area contributed by atoms with E-state index in [0.717, 1.165) is 36.3 Å². The van der Waals surface area contributed by atoms with E-state index in [1.54, 1.807) is 0 Å². The first-order valence-corrected chi connectivity index (χ1v) is 7.12. The van der Waals surface area contributed by atoms with Gasteiger partial charge in [0, 0.05) is 12.8 Å². The van der Waals surface area contributed by atoms with Crippen LogP contribution in [0.2, 0.25) is 0 Å². The number of hydrogen-bond donors (Lipinski definition) is 1. The largest absolute Gasteiger partial charge is 0.380 e. The summed E-state index contributed by atoms with van der Waals surface area (Å²) in [4.78, 5) is 7.61. The summed E-state index contributed by atoms with van der Waals surface area (Å²) >= 11 is 5.34. The Kier molecular flexibility index (Phi) is 4.71. The zero-order valence-electron chi connectivity index (χ0n) is 11.8. The molecule has 0 aliphatic carbocycles. The van der Waals surface area contributed by atoms with E-state index < -0.39 is 0 Å². The number of H-pyrrole nitrogens is 1. The Balaban J connectivity index is 2.03. The first-order chi connectivity index (χ1) is 9.09. The molecule has 0 aromatic carbocycles. The number of pyridine rings is 1. The Bertz CT molecular complexity index is 600. The van der Waals surface area contributed by atoms with Crippen LogP contribution in [0.25, 0.3) is 11.2 Å². The van der Waals surface area contributed by atoms with Crippen LogP contribution in [0.1, 0.15) is 25.8 Å². The lowest BCUT2D eigenvalue weighted by Gasteiger charge is -2.07. The summed E-state index contributed by atoms with van der Waals surface area (Å²) in [6, 6.07) is 1.98. The van der Waals surface area contributed by atoms with Gasteiger partial charge in [0.15, 0.2) is 10.4 Å². The van der Waals surface area contributed by atoms with E-state index in [1.807, 2.05) is 16.8 Å². The van der Waals surface area contributed by atoms with Gasteiger partial charge in [-0.15, -0.1) is 0 Å². The zero-order valence-corrected chi connectivity index (χ0v) is 12.6. The van der Waals surface area contributed by atoms with Gasteiger partial charge in [-0.3, -0.25) is 4.57 Å². The molecule has 5 heteroatoms. The third-order valence-electron chi connectivity index (χ3n) is 3.17. The number of hydrogen-bond acceptors (Lipinski definition) is 3. The highest BCUT2D eigenvalue weighted by molar-refractivity contribution is 7.71. The molecular weight excluding hydrogens is 258 g/mol. The molecule has 104 valence electrons. The molecule has 2 aromatic rings. The Morgan fingerprint density at radius 2 is 2.21 bits per heavy atom. The van der Waals surface area contributed by atoms with Crippen LogP contribution in [0.3, 0.4) is 0 Å². The number of aryl methyl sites for hydroxylation is 1. The molecule has 19 heavy (non-hydrogen) atoms. The van der Waals surface area contributed by atoms with E-state index >= 15 is 0 Å². The Morgan fingerprint density at radius 3 is 2.95 bits per heavy atom. The van der Waals surface area contributed by atoms with Crippen molar-refractivity contribution >= 4 is 23.4 Å². The van der Waals surface area contributed by atoms with Crippen LogP contribution in [0, 0.1) is 17.6 Å². The fourth-order valence-electron chi connectivity index (χ4n) is 1.96. The molecule has 0 radical (unpaired) electrons. The maximum Gasteiger partial charge on any atom is 0.179 e. The second-order valence-electron chi connectivity index (χ2n) is 5.20. The molecule has 0 aliphatic rings. The van der Waals surface area contributed by atoms with Gasteiger partial charge < -0.3 is 9.72 Å². The number of nitrogens with zero attached hydrogens (tertiary/aromatic N) is 2. The molecule has 2 heterocycles. The van der Waals surface area contributed by atoms with Gasteiger partial charge in [0.2, 0.25) is 0 Å². The predicted octanol–water partition coefficient (Wildman–Crippen LogP) is 3.47. The van der Waals surface area contributed by atoms with Crippen molar-refractivity contribution < 1.29 is 4.74 Å². The standard InChI is InChI=1S/C14H21N3OS/c1-10(2)5-8-18-9-7-17-13-12(16-14(17)19)11(3)4-6-15-13/h4,6,10H,5,7-9H2,1-3H3,(H,16,19). The highest BCUT2D eigenvalue weighted by Crippen LogP contribution is 2.15. The van der Waals surface area contributed by atoms with Crippen molar-refractivity contribution in [3.8, 4) is 0 Å². The molecule has 0 spiro atoms. The van der Waals surface area contributed by atoms with Crippen LogP contribution in [0.15, 0.2) is 12.3 Å². The molecule has 1 N–H and O–H groups in total. The minimum absolute atomic E-state index is 0.670. The summed E-state index contributed by atoms with van der Waals surface area (Å²) in [6.07, 6.45) is 2.91. The summed E-state index contributed by atoms with van der Waals surface area (Å²) in [5, 5.41) is 0. The van der Waals surface area contributed by atoms with Gasteiger partial charge in [0.05, 0.1) is 18.7 Å². The monoisotopic (exact) mass is 279 g/mol. The predicted molar refractivity (Wildman–Crippen MR) is 79.9 cm³/mol. The molecule has 0 amide bonds. The maximum atomic E-state index is 5.64. The molecule has 0 aliphatic heterocycles. The number of aromatic nitrogens is 3. The van der Waals surface area contributed by atoms with Gasteiger partial charge in [-0.25, -0.2) is 4.98 Å². The van der Waals surface area contributed by atoms with E-state index in [9.17, 15) is 0 Å². The first kappa shape index (κ1) is 14.2. The number of imidazole rings is 1. The van der Waals surface area contributed by atoms with Crippen molar-refractivity contribution in [3.63, 3.8) is 0 Å². The lowest BCUT2D eigenvalue weighted by atomic mass is 10.1. The highest BCUT2D eigenvalue weighted by Gasteiger charge is 2.07. The normalized spacial score (nSPS) is 11.6. The van der Waals surface area contributed by atoms with Crippen LogP contribution in [-0.4, -0.2) is 27.7 Å². The van der Waals surface area contributed by atoms with Crippen LogP contribution >= 0.6 is 12.2 Å². The fourth-order valence-corrected chi connectivity index (χ4v) is 2.24. The maximum absolute atomic E-state index is 5.64. The van der Waals surface area contributed by atoms with Gasteiger partial charge in [-0.1, -0.05) is 13.8 Å². The molecule has 0 atom stereocenters. The van der Waals surface area contributed by atoms with Gasteiger partial charge >= 0.3 is 0 Å². The number of nitrogens with one attached hydrogen (secondary N) is 1. The molecule has 0 saturated carbocycles. The molecular formula is C14H21N3OS. The SMILES string of the molecule is Cc1ccnc2c1[nH]c(=S)n2CCOCCC(C)C. The molecule has 2 aromatic heterocycles. The van der Waals surface area contributed by atoms with Crippen molar-refractivity contribution in [2.45, 2.75) is 33.7 Å². The van der Waals surface area contributed by atoms with Crippen molar-refractivity contribution in [3.05, 3.63) is 22.6 Å². The number of rotatable bonds is 6. The van der Waals surface area contributed by atoms with Gasteiger partial charge in [-0.05, 0) is 43.1 Å². The molecule has 4 nitrogen and oxygen atoms in total. The second-order valence-corrected chi connectivity index (χ2v) is 5.59. The Hall–Kier alpha value is -1.20. The Labute approximate surface area is 118 Å². The minimum atomic E-state index is 0.670. The molecule has 0 unspecified atom stereocenters. The van der Waals surface area contributed by atoms with E-state index in [-0.39, 0.29) is 0 Å². The summed E-state index contributed by atoms with van der Waals surface area (Å²) in [6.45, 7) is 8.67. The molecule has 0 bridgehead atoms. The van der Waals surface area contributed by atoms with E-state index in [1.165, 1.54) is 0 Å². The molecule has 0 fully saturated rings. The van der Waals surface area contributed by atoms with Crippen molar-refractivity contribution in [2.75, 3.05) is 13.2 Å². The second kappa shape index (κ2) is 6.30. The fraction of sp³-hybridized carbons (Fsp3) is 0.571. The average Bonchev–Trinajstić information content (AvgIpc) is 2.67.